The maximum Gasteiger partial charge on any atom is 0.137 e. The summed E-state index contributed by atoms with van der Waals surface area (Å²) in [5, 5.41) is 11.6. The molecule has 0 radical (unpaired) electrons. The molecule has 0 aliphatic rings. The second-order valence-electron chi connectivity index (χ2n) is 6.60. The van der Waals surface area contributed by atoms with Gasteiger partial charge in [0.2, 0.25) is 0 Å². The van der Waals surface area contributed by atoms with Crippen LogP contribution in [0.15, 0.2) is 72.9 Å². The predicted molar refractivity (Wildman–Crippen MR) is 109 cm³/mol. The summed E-state index contributed by atoms with van der Waals surface area (Å²) in [5.41, 5.74) is 1.20. The topological polar surface area (TPSA) is 67.2 Å². The molecule has 4 rings (SSSR count). The number of nitrogens with zero attached hydrogens (tertiary/aromatic N) is 2. The van der Waals surface area contributed by atoms with Crippen LogP contribution in [0.3, 0.4) is 0 Å². The van der Waals surface area contributed by atoms with Crippen LogP contribution in [-0.4, -0.2) is 15.5 Å². The van der Waals surface area contributed by atoms with Crippen LogP contribution in [0, 0.1) is 11.6 Å². The molecule has 8 heteroatoms. The lowest BCUT2D eigenvalue weighted by Crippen LogP contribution is -2.23. The number of aromatic nitrogens is 2. The van der Waals surface area contributed by atoms with Gasteiger partial charge in [0.15, 0.2) is 0 Å². The van der Waals surface area contributed by atoms with Crippen LogP contribution in [0.4, 0.5) is 8.78 Å². The third-order valence-corrected chi connectivity index (χ3v) is 4.79. The fourth-order valence-electron chi connectivity index (χ4n) is 3.09. The van der Waals surface area contributed by atoms with E-state index in [-0.39, 0.29) is 17.9 Å². The summed E-state index contributed by atoms with van der Waals surface area (Å²) in [4.78, 5) is 15.3. The van der Waals surface area contributed by atoms with E-state index in [2.05, 4.69) is 4.98 Å². The fraction of sp³-hybridized carbons (Fsp3) is 0.0435. The van der Waals surface area contributed by atoms with Gasteiger partial charge in [0.25, 0.3) is 0 Å². The molecule has 2 aromatic heterocycles. The lowest BCUT2D eigenvalue weighted by Gasteiger charge is -2.15. The number of rotatable bonds is 6. The average Bonchev–Trinajstić information content (AvgIpc) is 3.23. The Balaban J connectivity index is 1.71. The van der Waals surface area contributed by atoms with Gasteiger partial charge in [-0.25, -0.2) is 13.8 Å². The van der Waals surface area contributed by atoms with Gasteiger partial charge in [0.1, 0.15) is 29.8 Å². The van der Waals surface area contributed by atoms with Crippen molar-refractivity contribution in [3.63, 3.8) is 0 Å². The highest BCUT2D eigenvalue weighted by Gasteiger charge is 2.15. The lowest BCUT2D eigenvalue weighted by atomic mass is 10.1. The third-order valence-electron chi connectivity index (χ3n) is 4.55. The van der Waals surface area contributed by atoms with E-state index in [4.69, 9.17) is 16.3 Å². The quantitative estimate of drug-likeness (QED) is 0.446. The van der Waals surface area contributed by atoms with Gasteiger partial charge in [-0.15, -0.1) is 0 Å². The Bertz CT molecular complexity index is 1270. The van der Waals surface area contributed by atoms with Gasteiger partial charge in [-0.2, -0.15) is 0 Å². The largest absolute Gasteiger partial charge is 0.543 e. The monoisotopic (exact) mass is 439 g/mol. The smallest absolute Gasteiger partial charge is 0.137 e. The number of pyridine rings is 1. The van der Waals surface area contributed by atoms with Gasteiger partial charge in [0.05, 0.1) is 17.4 Å². The fourth-order valence-corrected chi connectivity index (χ4v) is 3.27. The molecule has 0 amide bonds. The standard InChI is InChI=1S/C23H15ClF2N2O3/c24-15-7-9-21(31-13-14-6-8-16(25)12-18(14)26)17(11-15)20-4-2-10-28(20)22-5-1-3-19(27-22)23(29)30/h1-12H,13H2,(H,29,30)/p-1. The number of carbonyl (C=O) groups is 1. The second kappa shape index (κ2) is 8.57. The van der Waals surface area contributed by atoms with Crippen molar-refractivity contribution in [1.29, 1.82) is 0 Å². The molecule has 0 aliphatic heterocycles. The second-order valence-corrected chi connectivity index (χ2v) is 7.03. The molecule has 0 saturated heterocycles. The van der Waals surface area contributed by atoms with Gasteiger partial charge in [-0.05, 0) is 54.6 Å². The minimum absolute atomic E-state index is 0.125. The number of aromatic carboxylic acids is 1. The Morgan fingerprint density at radius 1 is 1.06 bits per heavy atom. The van der Waals surface area contributed by atoms with Crippen molar-refractivity contribution in [2.75, 3.05) is 0 Å². The van der Waals surface area contributed by atoms with Crippen molar-refractivity contribution >= 4 is 17.6 Å². The number of carboxylic acids is 1. The SMILES string of the molecule is O=C([O-])c1cccc(-n2cccc2-c2cc(Cl)ccc2OCc2ccc(F)cc2F)n1. The van der Waals surface area contributed by atoms with Gasteiger partial charge >= 0.3 is 0 Å². The van der Waals surface area contributed by atoms with Crippen LogP contribution >= 0.6 is 11.6 Å². The molecule has 4 aromatic rings. The summed E-state index contributed by atoms with van der Waals surface area (Å²) in [6, 6.07) is 16.3. The van der Waals surface area contributed by atoms with Crippen molar-refractivity contribution in [3.8, 4) is 22.8 Å². The van der Waals surface area contributed by atoms with E-state index in [9.17, 15) is 18.7 Å². The molecule has 0 saturated carbocycles. The number of ether oxygens (including phenoxy) is 1. The highest BCUT2D eigenvalue weighted by atomic mass is 35.5. The first-order chi connectivity index (χ1) is 14.9. The van der Waals surface area contributed by atoms with E-state index in [0.29, 0.717) is 27.8 Å². The Kier molecular flexibility index (Phi) is 5.68. The third kappa shape index (κ3) is 4.41. The number of benzene rings is 2. The van der Waals surface area contributed by atoms with Crippen LogP contribution in [0.2, 0.25) is 5.02 Å². The zero-order valence-electron chi connectivity index (χ0n) is 15.9. The van der Waals surface area contributed by atoms with Crippen LogP contribution in [0.25, 0.3) is 17.1 Å². The molecule has 0 N–H and O–H groups in total. The normalized spacial score (nSPS) is 10.8. The molecular weight excluding hydrogens is 426 g/mol. The zero-order chi connectivity index (χ0) is 22.0. The van der Waals surface area contributed by atoms with Gasteiger partial charge < -0.3 is 19.2 Å². The average molecular weight is 440 g/mol. The number of carbonyl (C=O) groups excluding carboxylic acids is 1. The minimum Gasteiger partial charge on any atom is -0.543 e. The molecule has 0 unspecified atom stereocenters. The van der Waals surface area contributed by atoms with E-state index in [1.807, 2.05) is 0 Å². The van der Waals surface area contributed by atoms with Crippen LogP contribution in [-0.2, 0) is 6.61 Å². The Morgan fingerprint density at radius 3 is 2.68 bits per heavy atom. The van der Waals surface area contributed by atoms with Crippen LogP contribution in [0.1, 0.15) is 16.1 Å². The van der Waals surface area contributed by atoms with Crippen LogP contribution < -0.4 is 9.84 Å². The van der Waals surface area contributed by atoms with Gasteiger partial charge in [0, 0.05) is 28.4 Å². The first-order valence-electron chi connectivity index (χ1n) is 9.15. The Hall–Kier alpha value is -3.71. The molecule has 0 atom stereocenters. The summed E-state index contributed by atoms with van der Waals surface area (Å²) in [6.45, 7) is -0.125. The van der Waals surface area contributed by atoms with Gasteiger partial charge in [-0.1, -0.05) is 17.7 Å². The maximum absolute atomic E-state index is 14.0. The van der Waals surface area contributed by atoms with Crippen molar-refractivity contribution in [2.24, 2.45) is 0 Å². The van der Waals surface area contributed by atoms with E-state index in [0.717, 1.165) is 12.1 Å². The Labute approximate surface area is 181 Å². The molecule has 0 fully saturated rings. The summed E-state index contributed by atoms with van der Waals surface area (Å²) in [5.74, 6) is -2.00. The van der Waals surface area contributed by atoms with Crippen molar-refractivity contribution in [2.45, 2.75) is 6.61 Å². The molecular formula is C23H14ClF2N2O3-. The number of halogens is 3. The molecule has 31 heavy (non-hydrogen) atoms. The number of hydrogen-bond donors (Lipinski definition) is 0. The highest BCUT2D eigenvalue weighted by Crippen LogP contribution is 2.34. The molecule has 0 bridgehead atoms. The molecule has 5 nitrogen and oxygen atoms in total. The van der Waals surface area contributed by atoms with Crippen molar-refractivity contribution in [1.82, 2.24) is 9.55 Å². The minimum atomic E-state index is -1.39. The summed E-state index contributed by atoms with van der Waals surface area (Å²) in [6.07, 6.45) is 1.71. The van der Waals surface area contributed by atoms with Crippen molar-refractivity contribution in [3.05, 3.63) is 101 Å². The molecule has 156 valence electrons. The molecule has 0 aliphatic carbocycles. The van der Waals surface area contributed by atoms with Crippen molar-refractivity contribution < 1.29 is 23.4 Å². The predicted octanol–water partition coefficient (Wildman–Crippen LogP) is 4.41. The summed E-state index contributed by atoms with van der Waals surface area (Å²) < 4.78 is 34.6. The zero-order valence-corrected chi connectivity index (χ0v) is 16.6. The number of hydrogen-bond acceptors (Lipinski definition) is 4. The summed E-state index contributed by atoms with van der Waals surface area (Å²) in [7, 11) is 0. The molecule has 2 heterocycles. The molecule has 0 spiro atoms. The summed E-state index contributed by atoms with van der Waals surface area (Å²) >= 11 is 6.19. The van der Waals surface area contributed by atoms with Gasteiger partial charge in [-0.3, -0.25) is 0 Å². The number of carboxylic acid groups (broad SMARTS) is 1. The first-order valence-corrected chi connectivity index (χ1v) is 9.53. The van der Waals surface area contributed by atoms with Crippen LogP contribution in [0.5, 0.6) is 5.75 Å². The lowest BCUT2D eigenvalue weighted by molar-refractivity contribution is -0.255. The van der Waals surface area contributed by atoms with E-state index in [1.54, 1.807) is 53.2 Å². The molecule has 2 aromatic carbocycles. The van der Waals surface area contributed by atoms with E-state index in [1.165, 1.54) is 12.1 Å². The highest BCUT2D eigenvalue weighted by molar-refractivity contribution is 6.31. The first kappa shape index (κ1) is 20.6. The van der Waals surface area contributed by atoms with E-state index >= 15 is 0 Å². The Morgan fingerprint density at radius 2 is 1.90 bits per heavy atom. The van der Waals surface area contributed by atoms with E-state index < -0.39 is 17.6 Å². The maximum atomic E-state index is 14.0.